The van der Waals surface area contributed by atoms with E-state index in [1.165, 1.54) is 16.4 Å². The number of hydrogen-bond acceptors (Lipinski definition) is 7. The molecule has 134 valence electrons. The number of nitrogen functional groups attached to an aromatic ring is 1. The van der Waals surface area contributed by atoms with E-state index in [2.05, 4.69) is 20.5 Å². The minimum Gasteiger partial charge on any atom is -0.497 e. The number of methoxy groups -OCH3 is 1. The molecule has 0 radical (unpaired) electrons. The summed E-state index contributed by atoms with van der Waals surface area (Å²) in [7, 11) is 1.61. The lowest BCUT2D eigenvalue weighted by Crippen LogP contribution is -2.25. The molecule has 0 aliphatic carbocycles. The second kappa shape index (κ2) is 8.34. The van der Waals surface area contributed by atoms with Gasteiger partial charge in [0.25, 0.3) is 0 Å². The van der Waals surface area contributed by atoms with Crippen LogP contribution < -0.4 is 15.9 Å². The topological polar surface area (TPSA) is 108 Å². The second-order valence-corrected chi connectivity index (χ2v) is 6.28. The molecular formula is C17H18N6O2S. The predicted octanol–water partition coefficient (Wildman–Crippen LogP) is 1.47. The van der Waals surface area contributed by atoms with Gasteiger partial charge in [-0.25, -0.2) is 4.68 Å². The number of ether oxygens (including phenoxy) is 1. The lowest BCUT2D eigenvalue weighted by molar-refractivity contribution is -0.118. The molecule has 0 saturated heterocycles. The third-order valence-corrected chi connectivity index (χ3v) is 4.48. The zero-order chi connectivity index (χ0) is 18.4. The molecule has 3 aromatic rings. The van der Waals surface area contributed by atoms with Crippen LogP contribution in [0.1, 0.15) is 5.56 Å². The average Bonchev–Trinajstić information content (AvgIpc) is 3.06. The molecule has 26 heavy (non-hydrogen) atoms. The Morgan fingerprint density at radius 2 is 2.19 bits per heavy atom. The molecule has 1 amide bonds. The molecule has 3 rings (SSSR count). The molecule has 9 heteroatoms. The lowest BCUT2D eigenvalue weighted by Gasteiger charge is -2.07. The van der Waals surface area contributed by atoms with Crippen LogP contribution in [0.25, 0.3) is 11.4 Å². The Bertz CT molecular complexity index is 884. The number of amides is 1. The standard InChI is InChI=1S/C17H18N6O2S/c1-25-14-6-2-4-12(8-14)9-20-15(24)11-26-17-22-21-16(23(17)18)13-5-3-7-19-10-13/h2-8,10H,9,11,18H2,1H3,(H,20,24). The molecule has 2 aromatic heterocycles. The molecule has 0 saturated carbocycles. The third-order valence-electron chi connectivity index (χ3n) is 3.54. The predicted molar refractivity (Wildman–Crippen MR) is 99.0 cm³/mol. The average molecular weight is 370 g/mol. The van der Waals surface area contributed by atoms with Crippen molar-refractivity contribution in [2.24, 2.45) is 0 Å². The van der Waals surface area contributed by atoms with Gasteiger partial charge in [-0.2, -0.15) is 0 Å². The minimum absolute atomic E-state index is 0.122. The Balaban J connectivity index is 1.54. The summed E-state index contributed by atoms with van der Waals surface area (Å²) in [4.78, 5) is 16.1. The number of aromatic nitrogens is 4. The number of rotatable bonds is 7. The van der Waals surface area contributed by atoms with Crippen LogP contribution >= 0.6 is 11.8 Å². The van der Waals surface area contributed by atoms with Crippen molar-refractivity contribution in [3.63, 3.8) is 0 Å². The van der Waals surface area contributed by atoms with Gasteiger partial charge in [0.2, 0.25) is 11.1 Å². The van der Waals surface area contributed by atoms with Gasteiger partial charge in [0.15, 0.2) is 5.82 Å². The molecule has 2 heterocycles. The van der Waals surface area contributed by atoms with E-state index >= 15 is 0 Å². The van der Waals surface area contributed by atoms with Gasteiger partial charge in [-0.1, -0.05) is 23.9 Å². The number of benzene rings is 1. The summed E-state index contributed by atoms with van der Waals surface area (Å²) in [6.45, 7) is 0.423. The summed E-state index contributed by atoms with van der Waals surface area (Å²) in [5.41, 5.74) is 1.72. The Morgan fingerprint density at radius 1 is 1.31 bits per heavy atom. The first kappa shape index (κ1) is 17.7. The minimum atomic E-state index is -0.122. The maximum atomic E-state index is 12.1. The molecule has 1 aromatic carbocycles. The third kappa shape index (κ3) is 4.31. The molecule has 0 bridgehead atoms. The van der Waals surface area contributed by atoms with Crippen LogP contribution in [0.2, 0.25) is 0 Å². The number of pyridine rings is 1. The largest absolute Gasteiger partial charge is 0.497 e. The zero-order valence-corrected chi connectivity index (χ0v) is 14.9. The molecular weight excluding hydrogens is 352 g/mol. The summed E-state index contributed by atoms with van der Waals surface area (Å²) in [6.07, 6.45) is 3.33. The first-order valence-electron chi connectivity index (χ1n) is 7.80. The van der Waals surface area contributed by atoms with E-state index in [4.69, 9.17) is 10.6 Å². The van der Waals surface area contributed by atoms with Gasteiger partial charge >= 0.3 is 0 Å². The number of carbonyl (C=O) groups is 1. The van der Waals surface area contributed by atoms with Crippen LogP contribution in [0.4, 0.5) is 0 Å². The van der Waals surface area contributed by atoms with Crippen LogP contribution in [-0.2, 0) is 11.3 Å². The maximum absolute atomic E-state index is 12.1. The van der Waals surface area contributed by atoms with Gasteiger partial charge in [0.1, 0.15) is 5.75 Å². The second-order valence-electron chi connectivity index (χ2n) is 5.33. The Kier molecular flexibility index (Phi) is 5.69. The number of carbonyl (C=O) groups excluding carboxylic acids is 1. The van der Waals surface area contributed by atoms with E-state index in [1.807, 2.05) is 30.3 Å². The van der Waals surface area contributed by atoms with Gasteiger partial charge in [0, 0.05) is 24.5 Å². The molecule has 0 aliphatic heterocycles. The van der Waals surface area contributed by atoms with Crippen molar-refractivity contribution in [3.05, 3.63) is 54.4 Å². The van der Waals surface area contributed by atoms with Gasteiger partial charge in [0.05, 0.1) is 12.9 Å². The fourth-order valence-corrected chi connectivity index (χ4v) is 2.92. The van der Waals surface area contributed by atoms with Gasteiger partial charge in [-0.15, -0.1) is 10.2 Å². The summed E-state index contributed by atoms with van der Waals surface area (Å²) in [5, 5.41) is 11.4. The molecule has 3 N–H and O–H groups in total. The monoisotopic (exact) mass is 370 g/mol. The van der Waals surface area contributed by atoms with Gasteiger partial charge in [-0.3, -0.25) is 9.78 Å². The molecule has 0 spiro atoms. The first-order chi connectivity index (χ1) is 12.7. The van der Waals surface area contributed by atoms with Crippen molar-refractivity contribution in [2.75, 3.05) is 18.7 Å². The SMILES string of the molecule is COc1cccc(CNC(=O)CSc2nnc(-c3cccnc3)n2N)c1. The number of thioether (sulfide) groups is 1. The van der Waals surface area contributed by atoms with Crippen molar-refractivity contribution in [2.45, 2.75) is 11.7 Å². The van der Waals surface area contributed by atoms with Crippen LogP contribution in [0.3, 0.4) is 0 Å². The Labute approximate surface area is 154 Å². The quantitative estimate of drug-likeness (QED) is 0.479. The summed E-state index contributed by atoms with van der Waals surface area (Å²) >= 11 is 1.22. The van der Waals surface area contributed by atoms with Crippen LogP contribution in [0, 0.1) is 0 Å². The van der Waals surface area contributed by atoms with E-state index < -0.39 is 0 Å². The molecule has 0 aliphatic rings. The van der Waals surface area contributed by atoms with Crippen LogP contribution in [0.5, 0.6) is 5.75 Å². The molecule has 0 atom stereocenters. The van der Waals surface area contributed by atoms with Crippen molar-refractivity contribution in [1.29, 1.82) is 0 Å². The van der Waals surface area contributed by atoms with Gasteiger partial charge < -0.3 is 15.9 Å². The van der Waals surface area contributed by atoms with Crippen molar-refractivity contribution in [1.82, 2.24) is 25.2 Å². The highest BCUT2D eigenvalue weighted by Gasteiger charge is 2.13. The van der Waals surface area contributed by atoms with Crippen molar-refractivity contribution >= 4 is 17.7 Å². The van der Waals surface area contributed by atoms with Crippen LogP contribution in [-0.4, -0.2) is 38.6 Å². The first-order valence-corrected chi connectivity index (χ1v) is 8.79. The fourth-order valence-electron chi connectivity index (χ4n) is 2.23. The summed E-state index contributed by atoms with van der Waals surface area (Å²) in [6, 6.07) is 11.2. The van der Waals surface area contributed by atoms with E-state index in [9.17, 15) is 4.79 Å². The highest BCUT2D eigenvalue weighted by atomic mass is 32.2. The van der Waals surface area contributed by atoms with E-state index in [1.54, 1.807) is 25.6 Å². The molecule has 0 fully saturated rings. The molecule has 8 nitrogen and oxygen atoms in total. The zero-order valence-electron chi connectivity index (χ0n) is 14.1. The number of hydrogen-bond donors (Lipinski definition) is 2. The lowest BCUT2D eigenvalue weighted by atomic mass is 10.2. The normalized spacial score (nSPS) is 10.5. The van der Waals surface area contributed by atoms with Crippen molar-refractivity contribution in [3.8, 4) is 17.1 Å². The van der Waals surface area contributed by atoms with E-state index in [0.717, 1.165) is 16.9 Å². The van der Waals surface area contributed by atoms with Crippen molar-refractivity contribution < 1.29 is 9.53 Å². The number of nitrogens with zero attached hydrogens (tertiary/aromatic N) is 4. The van der Waals surface area contributed by atoms with Crippen LogP contribution in [0.15, 0.2) is 53.9 Å². The molecule has 0 unspecified atom stereocenters. The number of nitrogens with one attached hydrogen (secondary N) is 1. The Morgan fingerprint density at radius 3 is 2.96 bits per heavy atom. The summed E-state index contributed by atoms with van der Waals surface area (Å²) < 4.78 is 6.52. The summed E-state index contributed by atoms with van der Waals surface area (Å²) in [5.74, 6) is 7.33. The highest BCUT2D eigenvalue weighted by Crippen LogP contribution is 2.20. The Hall–Kier alpha value is -3.07. The maximum Gasteiger partial charge on any atom is 0.230 e. The number of nitrogens with two attached hydrogens (primary N) is 1. The van der Waals surface area contributed by atoms with E-state index in [-0.39, 0.29) is 11.7 Å². The van der Waals surface area contributed by atoms with Gasteiger partial charge in [-0.05, 0) is 29.8 Å². The highest BCUT2D eigenvalue weighted by molar-refractivity contribution is 7.99. The fraction of sp³-hybridized carbons (Fsp3) is 0.176. The smallest absolute Gasteiger partial charge is 0.230 e. The van der Waals surface area contributed by atoms with E-state index in [0.29, 0.717) is 17.5 Å².